The van der Waals surface area contributed by atoms with E-state index in [0.717, 1.165) is 13.1 Å². The highest BCUT2D eigenvalue weighted by molar-refractivity contribution is 7.89. The van der Waals surface area contributed by atoms with Crippen LogP contribution < -0.4 is 0 Å². The zero-order chi connectivity index (χ0) is 14.0. The van der Waals surface area contributed by atoms with Crippen molar-refractivity contribution in [3.8, 4) is 0 Å². The quantitative estimate of drug-likeness (QED) is 0.905. The molecule has 3 rings (SSSR count). The summed E-state index contributed by atoms with van der Waals surface area (Å²) in [5, 5.41) is 0.198. The molecule has 2 fully saturated rings. The highest BCUT2D eigenvalue weighted by Gasteiger charge is 2.31. The van der Waals surface area contributed by atoms with Gasteiger partial charge in [-0.25, -0.2) is 13.4 Å². The van der Waals surface area contributed by atoms with E-state index in [9.17, 15) is 8.42 Å². The minimum atomic E-state index is -3.38. The molecule has 1 aliphatic carbocycles. The summed E-state index contributed by atoms with van der Waals surface area (Å²) in [6.07, 6.45) is 9.31. The predicted molar refractivity (Wildman–Crippen MR) is 75.8 cm³/mol. The maximum absolute atomic E-state index is 12.4. The van der Waals surface area contributed by atoms with E-state index in [1.54, 1.807) is 4.31 Å². The number of aromatic nitrogens is 2. The van der Waals surface area contributed by atoms with Crippen molar-refractivity contribution in [1.29, 1.82) is 0 Å². The van der Waals surface area contributed by atoms with Crippen LogP contribution in [0.1, 0.15) is 32.1 Å². The van der Waals surface area contributed by atoms with Crippen LogP contribution >= 0.6 is 0 Å². The lowest BCUT2D eigenvalue weighted by molar-refractivity contribution is 0.111. The summed E-state index contributed by atoms with van der Waals surface area (Å²) in [5.41, 5.74) is 0. The Morgan fingerprint density at radius 2 is 1.80 bits per heavy atom. The van der Waals surface area contributed by atoms with Gasteiger partial charge in [0, 0.05) is 32.2 Å². The molecule has 0 atom stereocenters. The maximum Gasteiger partial charge on any atom is 0.260 e. The van der Waals surface area contributed by atoms with Crippen LogP contribution in [0.4, 0.5) is 0 Å². The molecule has 1 saturated heterocycles. The third-order valence-corrected chi connectivity index (χ3v) is 6.28. The molecule has 0 unspecified atom stereocenters. The molecule has 0 amide bonds. The molecule has 1 aromatic heterocycles. The molecule has 1 aromatic rings. The Morgan fingerprint density at radius 3 is 2.40 bits per heavy atom. The first-order chi connectivity index (χ1) is 9.68. The van der Waals surface area contributed by atoms with Gasteiger partial charge in [0.1, 0.15) is 0 Å². The van der Waals surface area contributed by atoms with Crippen LogP contribution in [0.3, 0.4) is 0 Å². The van der Waals surface area contributed by atoms with E-state index in [0.29, 0.717) is 19.1 Å². The normalized spacial score (nSPS) is 24.0. The summed E-state index contributed by atoms with van der Waals surface area (Å²) < 4.78 is 26.3. The average Bonchev–Trinajstić information content (AvgIpc) is 3.03. The van der Waals surface area contributed by atoms with Crippen molar-refractivity contribution in [3.05, 3.63) is 12.5 Å². The molecule has 2 aliphatic rings. The SMILES string of the molecule is O=S(=O)(c1cnc[nH]1)N1CCN(C2CCCCC2)CC1. The number of H-pyrrole nitrogens is 1. The van der Waals surface area contributed by atoms with Crippen molar-refractivity contribution in [2.75, 3.05) is 26.2 Å². The summed E-state index contributed by atoms with van der Waals surface area (Å²) in [6.45, 7) is 2.85. The highest BCUT2D eigenvalue weighted by Crippen LogP contribution is 2.24. The second kappa shape index (κ2) is 5.83. The molecule has 2 heterocycles. The second-order valence-corrected chi connectivity index (χ2v) is 7.55. The average molecular weight is 298 g/mol. The largest absolute Gasteiger partial charge is 0.335 e. The number of nitrogens with one attached hydrogen (secondary N) is 1. The second-order valence-electron chi connectivity index (χ2n) is 5.65. The summed E-state index contributed by atoms with van der Waals surface area (Å²) >= 11 is 0. The van der Waals surface area contributed by atoms with Crippen LogP contribution in [0.15, 0.2) is 17.6 Å². The van der Waals surface area contributed by atoms with Gasteiger partial charge < -0.3 is 4.98 Å². The first kappa shape index (κ1) is 14.0. The van der Waals surface area contributed by atoms with E-state index >= 15 is 0 Å². The molecular formula is C13H22N4O2S. The molecule has 6 nitrogen and oxygen atoms in total. The van der Waals surface area contributed by atoms with Crippen LogP contribution in [0, 0.1) is 0 Å². The topological polar surface area (TPSA) is 69.3 Å². The fraction of sp³-hybridized carbons (Fsp3) is 0.769. The zero-order valence-electron chi connectivity index (χ0n) is 11.7. The van der Waals surface area contributed by atoms with Crippen molar-refractivity contribution >= 4 is 10.0 Å². The van der Waals surface area contributed by atoms with E-state index in [1.165, 1.54) is 44.6 Å². The number of hydrogen-bond donors (Lipinski definition) is 1. The van der Waals surface area contributed by atoms with Gasteiger partial charge in [0.25, 0.3) is 10.0 Å². The van der Waals surface area contributed by atoms with Crippen LogP contribution in [0.5, 0.6) is 0 Å². The van der Waals surface area contributed by atoms with Gasteiger partial charge in [0.05, 0.1) is 12.5 Å². The number of imidazole rings is 1. The lowest BCUT2D eigenvalue weighted by atomic mass is 9.94. The smallest absolute Gasteiger partial charge is 0.260 e. The van der Waals surface area contributed by atoms with E-state index < -0.39 is 10.0 Å². The van der Waals surface area contributed by atoms with E-state index in [-0.39, 0.29) is 5.03 Å². The number of aromatic amines is 1. The molecule has 1 saturated carbocycles. The van der Waals surface area contributed by atoms with Gasteiger partial charge in [-0.05, 0) is 12.8 Å². The summed E-state index contributed by atoms with van der Waals surface area (Å²) in [5.74, 6) is 0. The molecule has 0 aromatic carbocycles. The van der Waals surface area contributed by atoms with Crippen molar-refractivity contribution in [3.63, 3.8) is 0 Å². The van der Waals surface area contributed by atoms with Crippen LogP contribution in [-0.2, 0) is 10.0 Å². The van der Waals surface area contributed by atoms with Crippen molar-refractivity contribution in [2.45, 2.75) is 43.2 Å². The molecular weight excluding hydrogens is 276 g/mol. The first-order valence-electron chi connectivity index (χ1n) is 7.40. The molecule has 0 spiro atoms. The third-order valence-electron chi connectivity index (χ3n) is 4.46. The number of rotatable bonds is 3. The van der Waals surface area contributed by atoms with E-state index in [2.05, 4.69) is 14.9 Å². The Hall–Kier alpha value is -0.920. The Bertz CT molecular complexity index is 515. The molecule has 0 bridgehead atoms. The van der Waals surface area contributed by atoms with Crippen molar-refractivity contribution < 1.29 is 8.42 Å². The minimum Gasteiger partial charge on any atom is -0.335 e. The van der Waals surface area contributed by atoms with Gasteiger partial charge in [0.15, 0.2) is 5.03 Å². The number of hydrogen-bond acceptors (Lipinski definition) is 4. The van der Waals surface area contributed by atoms with Gasteiger partial charge in [-0.15, -0.1) is 0 Å². The lowest BCUT2D eigenvalue weighted by Gasteiger charge is -2.40. The summed E-state index contributed by atoms with van der Waals surface area (Å²) in [4.78, 5) is 8.97. The Kier molecular flexibility index (Phi) is 4.09. The van der Waals surface area contributed by atoms with E-state index in [4.69, 9.17) is 0 Å². The summed E-state index contributed by atoms with van der Waals surface area (Å²) in [7, 11) is -3.38. The zero-order valence-corrected chi connectivity index (χ0v) is 12.5. The van der Waals surface area contributed by atoms with Gasteiger partial charge in [0.2, 0.25) is 0 Å². The summed E-state index contributed by atoms with van der Waals surface area (Å²) in [6, 6.07) is 0.667. The molecule has 20 heavy (non-hydrogen) atoms. The Morgan fingerprint density at radius 1 is 1.10 bits per heavy atom. The molecule has 1 N–H and O–H groups in total. The first-order valence-corrected chi connectivity index (χ1v) is 8.84. The van der Waals surface area contributed by atoms with Crippen molar-refractivity contribution in [1.82, 2.24) is 19.2 Å². The lowest BCUT2D eigenvalue weighted by Crippen LogP contribution is -2.52. The van der Waals surface area contributed by atoms with Crippen LogP contribution in [0.25, 0.3) is 0 Å². The molecule has 1 aliphatic heterocycles. The third kappa shape index (κ3) is 2.75. The maximum atomic E-state index is 12.4. The minimum absolute atomic E-state index is 0.198. The fourth-order valence-corrected chi connectivity index (χ4v) is 4.60. The fourth-order valence-electron chi connectivity index (χ4n) is 3.28. The molecule has 0 radical (unpaired) electrons. The van der Waals surface area contributed by atoms with E-state index in [1.807, 2.05) is 0 Å². The van der Waals surface area contributed by atoms with Crippen LogP contribution in [0.2, 0.25) is 0 Å². The van der Waals surface area contributed by atoms with Gasteiger partial charge in [-0.2, -0.15) is 4.31 Å². The van der Waals surface area contributed by atoms with Crippen LogP contribution in [-0.4, -0.2) is 59.8 Å². The predicted octanol–water partition coefficient (Wildman–Crippen LogP) is 1.05. The Labute approximate surface area is 120 Å². The molecule has 7 heteroatoms. The standard InChI is InChI=1S/C13H22N4O2S/c18-20(19,13-10-14-11-15-13)17-8-6-16(7-9-17)12-4-2-1-3-5-12/h10-12H,1-9H2,(H,14,15). The van der Waals surface area contributed by atoms with Gasteiger partial charge in [-0.1, -0.05) is 19.3 Å². The molecule has 112 valence electrons. The number of piperazine rings is 1. The monoisotopic (exact) mass is 298 g/mol. The number of nitrogens with zero attached hydrogens (tertiary/aromatic N) is 3. The van der Waals surface area contributed by atoms with Crippen molar-refractivity contribution in [2.24, 2.45) is 0 Å². The Balaban J connectivity index is 1.61. The van der Waals surface area contributed by atoms with Gasteiger partial charge >= 0.3 is 0 Å². The van der Waals surface area contributed by atoms with Gasteiger partial charge in [-0.3, -0.25) is 4.90 Å². The number of sulfonamides is 1. The highest BCUT2D eigenvalue weighted by atomic mass is 32.2.